The fraction of sp³-hybridized carbons (Fsp3) is 0.231. The van der Waals surface area contributed by atoms with Gasteiger partial charge in [0.1, 0.15) is 0 Å². The van der Waals surface area contributed by atoms with Crippen molar-refractivity contribution in [3.8, 4) is 6.07 Å². The zero-order valence-corrected chi connectivity index (χ0v) is 9.45. The number of aliphatic carboxylic acids is 1. The van der Waals surface area contributed by atoms with Crippen LogP contribution in [0.25, 0.3) is 10.9 Å². The molecular weight excluding hydrogens is 216 g/mol. The topological polar surface area (TPSA) is 76.9 Å². The first kappa shape index (κ1) is 11.2. The van der Waals surface area contributed by atoms with Crippen LogP contribution in [0.3, 0.4) is 0 Å². The molecule has 17 heavy (non-hydrogen) atoms. The molecule has 0 saturated carbocycles. The molecule has 0 aliphatic carbocycles. The summed E-state index contributed by atoms with van der Waals surface area (Å²) in [5.41, 5.74) is 3.49. The summed E-state index contributed by atoms with van der Waals surface area (Å²) in [6.07, 6.45) is 0.584. The number of fused-ring (bicyclic) bond motifs is 1. The van der Waals surface area contributed by atoms with Crippen molar-refractivity contribution >= 4 is 16.9 Å². The summed E-state index contributed by atoms with van der Waals surface area (Å²) in [6, 6.07) is 7.49. The summed E-state index contributed by atoms with van der Waals surface area (Å²) in [7, 11) is 0. The summed E-state index contributed by atoms with van der Waals surface area (Å²) in [5, 5.41) is 18.5. The van der Waals surface area contributed by atoms with E-state index in [9.17, 15) is 4.79 Å². The van der Waals surface area contributed by atoms with Crippen molar-refractivity contribution in [2.24, 2.45) is 0 Å². The molecule has 0 atom stereocenters. The second-order valence-corrected chi connectivity index (χ2v) is 3.99. The maximum Gasteiger partial charge on any atom is 0.303 e. The van der Waals surface area contributed by atoms with Crippen molar-refractivity contribution in [2.75, 3.05) is 0 Å². The lowest BCUT2D eigenvalue weighted by Crippen LogP contribution is -1.98. The van der Waals surface area contributed by atoms with Gasteiger partial charge in [0.05, 0.1) is 11.6 Å². The van der Waals surface area contributed by atoms with Crippen molar-refractivity contribution in [1.29, 1.82) is 5.26 Å². The van der Waals surface area contributed by atoms with Gasteiger partial charge < -0.3 is 10.1 Å². The fourth-order valence-electron chi connectivity index (χ4n) is 2.01. The molecule has 4 heteroatoms. The van der Waals surface area contributed by atoms with E-state index in [1.807, 2.05) is 13.0 Å². The van der Waals surface area contributed by atoms with Crippen LogP contribution in [0.2, 0.25) is 0 Å². The van der Waals surface area contributed by atoms with Crippen LogP contribution in [0.1, 0.15) is 23.2 Å². The molecule has 2 aromatic rings. The Morgan fingerprint density at radius 2 is 2.29 bits per heavy atom. The molecule has 0 fully saturated rings. The fourth-order valence-corrected chi connectivity index (χ4v) is 2.01. The molecule has 0 spiro atoms. The maximum atomic E-state index is 10.6. The third-order valence-corrected chi connectivity index (χ3v) is 2.84. The Bertz CT molecular complexity index is 620. The third kappa shape index (κ3) is 2.13. The van der Waals surface area contributed by atoms with Crippen LogP contribution in [0, 0.1) is 18.3 Å². The van der Waals surface area contributed by atoms with Gasteiger partial charge in [-0.3, -0.25) is 4.79 Å². The normalized spacial score (nSPS) is 10.4. The highest BCUT2D eigenvalue weighted by molar-refractivity contribution is 5.86. The molecule has 1 aromatic carbocycles. The Morgan fingerprint density at radius 1 is 1.53 bits per heavy atom. The Hall–Kier alpha value is -2.28. The maximum absolute atomic E-state index is 10.6. The van der Waals surface area contributed by atoms with E-state index in [1.54, 1.807) is 12.1 Å². The summed E-state index contributed by atoms with van der Waals surface area (Å²) in [5.74, 6) is -0.810. The van der Waals surface area contributed by atoms with E-state index in [2.05, 4.69) is 11.1 Å². The van der Waals surface area contributed by atoms with Gasteiger partial charge in [-0.25, -0.2) is 0 Å². The molecule has 0 bridgehead atoms. The number of aromatic amines is 1. The molecule has 1 heterocycles. The molecule has 1 aromatic heterocycles. The average Bonchev–Trinajstić information content (AvgIpc) is 2.61. The summed E-state index contributed by atoms with van der Waals surface area (Å²) >= 11 is 0. The van der Waals surface area contributed by atoms with Crippen LogP contribution in [0.15, 0.2) is 18.2 Å². The van der Waals surface area contributed by atoms with E-state index in [0.717, 1.165) is 22.2 Å². The zero-order chi connectivity index (χ0) is 12.4. The Morgan fingerprint density at radius 3 is 2.94 bits per heavy atom. The number of benzene rings is 1. The Labute approximate surface area is 98.5 Å². The second kappa shape index (κ2) is 4.30. The quantitative estimate of drug-likeness (QED) is 0.846. The number of aryl methyl sites for hydroxylation is 2. The van der Waals surface area contributed by atoms with E-state index in [-0.39, 0.29) is 6.42 Å². The van der Waals surface area contributed by atoms with E-state index >= 15 is 0 Å². The molecule has 4 nitrogen and oxygen atoms in total. The predicted octanol–water partition coefficient (Wildman–Crippen LogP) is 2.37. The highest BCUT2D eigenvalue weighted by atomic mass is 16.4. The van der Waals surface area contributed by atoms with Crippen molar-refractivity contribution in [2.45, 2.75) is 19.8 Å². The molecule has 0 unspecified atom stereocenters. The predicted molar refractivity (Wildman–Crippen MR) is 63.7 cm³/mol. The summed E-state index contributed by atoms with van der Waals surface area (Å²) < 4.78 is 0. The van der Waals surface area contributed by atoms with Gasteiger partial charge in [0.25, 0.3) is 0 Å². The standard InChI is InChI=1S/C13H12N2O2/c1-8-10(3-5-13(16)17)11-6-9(7-14)2-4-12(11)15-8/h2,4,6,15H,3,5H2,1H3,(H,16,17). The molecule has 2 N–H and O–H groups in total. The first-order chi connectivity index (χ1) is 8.11. The number of nitrogens with one attached hydrogen (secondary N) is 1. The zero-order valence-electron chi connectivity index (χ0n) is 9.45. The van der Waals surface area contributed by atoms with Gasteiger partial charge in [-0.1, -0.05) is 0 Å². The smallest absolute Gasteiger partial charge is 0.303 e. The minimum atomic E-state index is -0.810. The van der Waals surface area contributed by atoms with Crippen LogP contribution in [-0.4, -0.2) is 16.1 Å². The van der Waals surface area contributed by atoms with E-state index < -0.39 is 5.97 Å². The van der Waals surface area contributed by atoms with Crippen molar-refractivity contribution in [3.63, 3.8) is 0 Å². The number of carbonyl (C=O) groups is 1. The number of H-pyrrole nitrogens is 1. The Balaban J connectivity index is 2.49. The van der Waals surface area contributed by atoms with Crippen LogP contribution in [0.4, 0.5) is 0 Å². The van der Waals surface area contributed by atoms with Gasteiger partial charge in [-0.15, -0.1) is 0 Å². The number of nitrogens with zero attached hydrogens (tertiary/aromatic N) is 1. The van der Waals surface area contributed by atoms with E-state index in [1.165, 1.54) is 0 Å². The van der Waals surface area contributed by atoms with Crippen molar-refractivity contribution in [3.05, 3.63) is 35.0 Å². The molecular formula is C13H12N2O2. The summed E-state index contributed by atoms with van der Waals surface area (Å²) in [4.78, 5) is 13.8. The SMILES string of the molecule is Cc1[nH]c2ccc(C#N)cc2c1CCC(=O)O. The first-order valence-electron chi connectivity index (χ1n) is 5.35. The molecule has 0 radical (unpaired) electrons. The monoisotopic (exact) mass is 228 g/mol. The van der Waals surface area contributed by atoms with Gasteiger partial charge in [0.2, 0.25) is 0 Å². The van der Waals surface area contributed by atoms with Crippen LogP contribution in [0.5, 0.6) is 0 Å². The van der Waals surface area contributed by atoms with Gasteiger partial charge in [-0.2, -0.15) is 5.26 Å². The average molecular weight is 228 g/mol. The number of carboxylic acid groups (broad SMARTS) is 1. The molecule has 0 amide bonds. The molecule has 0 aliphatic rings. The van der Waals surface area contributed by atoms with Crippen LogP contribution < -0.4 is 0 Å². The molecule has 86 valence electrons. The van der Waals surface area contributed by atoms with Crippen LogP contribution >= 0.6 is 0 Å². The highest BCUT2D eigenvalue weighted by Crippen LogP contribution is 2.24. The minimum absolute atomic E-state index is 0.102. The number of hydrogen-bond acceptors (Lipinski definition) is 2. The number of aromatic nitrogens is 1. The highest BCUT2D eigenvalue weighted by Gasteiger charge is 2.10. The number of rotatable bonds is 3. The summed E-state index contributed by atoms with van der Waals surface area (Å²) in [6.45, 7) is 1.92. The third-order valence-electron chi connectivity index (χ3n) is 2.84. The number of hydrogen-bond donors (Lipinski definition) is 2. The van der Waals surface area contributed by atoms with Gasteiger partial charge in [-0.05, 0) is 37.1 Å². The second-order valence-electron chi connectivity index (χ2n) is 3.99. The van der Waals surface area contributed by atoms with Crippen molar-refractivity contribution in [1.82, 2.24) is 4.98 Å². The van der Waals surface area contributed by atoms with Gasteiger partial charge in [0, 0.05) is 23.0 Å². The van der Waals surface area contributed by atoms with Gasteiger partial charge in [0.15, 0.2) is 0 Å². The first-order valence-corrected chi connectivity index (χ1v) is 5.35. The van der Waals surface area contributed by atoms with Crippen molar-refractivity contribution < 1.29 is 9.90 Å². The van der Waals surface area contributed by atoms with E-state index in [4.69, 9.17) is 10.4 Å². The van der Waals surface area contributed by atoms with E-state index in [0.29, 0.717) is 12.0 Å². The lowest BCUT2D eigenvalue weighted by Gasteiger charge is -1.98. The Kier molecular flexibility index (Phi) is 2.84. The largest absolute Gasteiger partial charge is 0.481 e. The lowest BCUT2D eigenvalue weighted by molar-refractivity contribution is -0.136. The molecule has 0 aliphatic heterocycles. The molecule has 0 saturated heterocycles. The number of carboxylic acids is 1. The molecule has 2 rings (SSSR count). The number of nitriles is 1. The van der Waals surface area contributed by atoms with Crippen LogP contribution in [-0.2, 0) is 11.2 Å². The lowest BCUT2D eigenvalue weighted by atomic mass is 10.0. The van der Waals surface area contributed by atoms with Gasteiger partial charge >= 0.3 is 5.97 Å². The minimum Gasteiger partial charge on any atom is -0.481 e.